The molecule has 1 aliphatic heterocycles. The Morgan fingerprint density at radius 2 is 1.69 bits per heavy atom. The van der Waals surface area contributed by atoms with Crippen LogP contribution < -0.4 is 10.2 Å². The molecule has 4 aliphatic carbocycles. The van der Waals surface area contributed by atoms with Crippen LogP contribution in [0.25, 0.3) is 0 Å². The van der Waals surface area contributed by atoms with Gasteiger partial charge in [-0.3, -0.25) is 14.5 Å². The Balaban J connectivity index is 1.19. The number of alkyl halides is 3. The number of pyridine rings is 1. The van der Waals surface area contributed by atoms with Crippen LogP contribution in [0.5, 0.6) is 0 Å². The number of carboxylic acid groups (broad SMARTS) is 1. The van der Waals surface area contributed by atoms with E-state index in [0.717, 1.165) is 31.5 Å². The highest BCUT2D eigenvalue weighted by atomic mass is 19.4. The molecule has 5 aliphatic rings. The molecule has 1 aromatic rings. The van der Waals surface area contributed by atoms with Crippen LogP contribution in [-0.4, -0.2) is 64.6 Å². The SMILES string of the molecule is CC(C)(C(=O)NC1[C@@H]2CC3C[C@H]1CC(C(=O)O)(C3)C2)N1CCN(c2ccc(C(F)(F)F)cn2)CC1. The number of hydrogen-bond donors (Lipinski definition) is 2. The number of carboxylic acids is 1. The van der Waals surface area contributed by atoms with Crippen molar-refractivity contribution in [3.63, 3.8) is 0 Å². The molecule has 0 radical (unpaired) electrons. The van der Waals surface area contributed by atoms with Crippen molar-refractivity contribution >= 4 is 17.7 Å². The molecular weight excluding hydrogens is 461 g/mol. The molecule has 7 nitrogen and oxygen atoms in total. The Morgan fingerprint density at radius 3 is 2.20 bits per heavy atom. The van der Waals surface area contributed by atoms with Gasteiger partial charge in [0.2, 0.25) is 5.91 Å². The molecule has 0 spiro atoms. The molecule has 6 rings (SSSR count). The molecule has 3 unspecified atom stereocenters. The highest BCUT2D eigenvalue weighted by Gasteiger charge is 2.59. The number of carbonyl (C=O) groups is 2. The lowest BCUT2D eigenvalue weighted by Gasteiger charge is -2.58. The number of aromatic nitrogens is 1. The fourth-order valence-corrected chi connectivity index (χ4v) is 7.23. The summed E-state index contributed by atoms with van der Waals surface area (Å²) in [5, 5.41) is 13.2. The molecule has 10 heteroatoms. The third kappa shape index (κ3) is 4.27. The predicted octanol–water partition coefficient (Wildman–Crippen LogP) is 3.40. The maximum Gasteiger partial charge on any atom is 0.417 e. The van der Waals surface area contributed by atoms with Gasteiger partial charge in [-0.2, -0.15) is 13.2 Å². The lowest BCUT2D eigenvalue weighted by atomic mass is 9.48. The Kier molecular flexibility index (Phi) is 5.81. The van der Waals surface area contributed by atoms with E-state index in [4.69, 9.17) is 0 Å². The van der Waals surface area contributed by atoms with E-state index in [1.165, 1.54) is 6.07 Å². The minimum atomic E-state index is -4.41. The number of nitrogens with one attached hydrogen (secondary N) is 1. The summed E-state index contributed by atoms with van der Waals surface area (Å²) in [5.41, 5.74) is -2.12. The third-order valence-electron chi connectivity index (χ3n) is 9.05. The van der Waals surface area contributed by atoms with Crippen molar-refractivity contribution in [1.29, 1.82) is 0 Å². The minimum absolute atomic E-state index is 0.0310. The molecule has 35 heavy (non-hydrogen) atoms. The van der Waals surface area contributed by atoms with E-state index in [0.29, 0.717) is 50.8 Å². The molecule has 4 bridgehead atoms. The molecule has 1 saturated heterocycles. The Morgan fingerprint density at radius 1 is 1.06 bits per heavy atom. The maximum absolute atomic E-state index is 13.5. The lowest BCUT2D eigenvalue weighted by Crippen LogP contribution is -2.66. The van der Waals surface area contributed by atoms with Crippen LogP contribution in [0.15, 0.2) is 18.3 Å². The number of anilines is 1. The van der Waals surface area contributed by atoms with Crippen molar-refractivity contribution in [2.24, 2.45) is 23.2 Å². The molecular formula is C25H33F3N4O3. The van der Waals surface area contributed by atoms with E-state index in [9.17, 15) is 27.9 Å². The van der Waals surface area contributed by atoms with Gasteiger partial charge < -0.3 is 15.3 Å². The van der Waals surface area contributed by atoms with Gasteiger partial charge >= 0.3 is 12.1 Å². The summed E-state index contributed by atoms with van der Waals surface area (Å²) >= 11 is 0. The summed E-state index contributed by atoms with van der Waals surface area (Å²) in [6.45, 7) is 6.11. The standard InChI is InChI=1S/C25H33F3N4O3/c1-23(2,32-7-5-31(6-8-32)19-4-3-18(14-29-19)25(26,27)28)21(33)30-20-16-9-15-10-17(20)13-24(11-15,12-16)22(34)35/h3-4,14-17,20H,5-13H2,1-2H3,(H,30,33)(H,34,35)/t15?,16-,17+,20?,24?. The molecule has 0 aromatic carbocycles. The zero-order valence-electron chi connectivity index (χ0n) is 20.1. The van der Waals surface area contributed by atoms with Crippen molar-refractivity contribution in [2.75, 3.05) is 31.1 Å². The maximum atomic E-state index is 13.5. The van der Waals surface area contributed by atoms with Crippen molar-refractivity contribution < 1.29 is 27.9 Å². The van der Waals surface area contributed by atoms with Crippen molar-refractivity contribution in [2.45, 2.75) is 63.7 Å². The zero-order chi connectivity index (χ0) is 25.2. The average Bonchev–Trinajstić information content (AvgIpc) is 2.80. The molecule has 5 atom stereocenters. The smallest absolute Gasteiger partial charge is 0.417 e. The van der Waals surface area contributed by atoms with Gasteiger partial charge in [-0.05, 0) is 75.8 Å². The molecule has 1 amide bonds. The number of rotatable bonds is 5. The Hall–Kier alpha value is -2.36. The molecule has 5 fully saturated rings. The van der Waals surface area contributed by atoms with Crippen molar-refractivity contribution in [3.8, 4) is 0 Å². The minimum Gasteiger partial charge on any atom is -0.481 e. The highest BCUT2D eigenvalue weighted by Crippen LogP contribution is 2.60. The van der Waals surface area contributed by atoms with Crippen molar-refractivity contribution in [3.05, 3.63) is 23.9 Å². The highest BCUT2D eigenvalue weighted by molar-refractivity contribution is 5.86. The summed E-state index contributed by atoms with van der Waals surface area (Å²) in [7, 11) is 0. The molecule has 4 saturated carbocycles. The summed E-state index contributed by atoms with van der Waals surface area (Å²) in [4.78, 5) is 33.5. The molecule has 2 N–H and O–H groups in total. The van der Waals surface area contributed by atoms with E-state index < -0.39 is 28.7 Å². The first kappa shape index (κ1) is 24.3. The Labute approximate surface area is 203 Å². The summed E-state index contributed by atoms with van der Waals surface area (Å²) in [6, 6.07) is 2.47. The van der Waals surface area contributed by atoms with Crippen LogP contribution in [0.2, 0.25) is 0 Å². The van der Waals surface area contributed by atoms with Crippen LogP contribution in [0.4, 0.5) is 19.0 Å². The summed E-state index contributed by atoms with van der Waals surface area (Å²) in [6.07, 6.45) is 0.523. The molecule has 1 aromatic heterocycles. The van der Waals surface area contributed by atoms with Gasteiger partial charge in [-0.1, -0.05) is 0 Å². The number of halogens is 3. The largest absolute Gasteiger partial charge is 0.481 e. The fraction of sp³-hybridized carbons (Fsp3) is 0.720. The van der Waals surface area contributed by atoms with Crippen LogP contribution in [0.3, 0.4) is 0 Å². The second kappa shape index (κ2) is 8.35. The number of aliphatic carboxylic acids is 1. The second-order valence-corrected chi connectivity index (χ2v) is 11.5. The van der Waals surface area contributed by atoms with E-state index in [2.05, 4.69) is 15.2 Å². The van der Waals surface area contributed by atoms with Gasteiger partial charge in [0.1, 0.15) is 5.82 Å². The second-order valence-electron chi connectivity index (χ2n) is 11.5. The number of nitrogens with zero attached hydrogens (tertiary/aromatic N) is 3. The lowest BCUT2D eigenvalue weighted by molar-refractivity contribution is -0.168. The van der Waals surface area contributed by atoms with Gasteiger partial charge in [-0.25, -0.2) is 4.98 Å². The van der Waals surface area contributed by atoms with E-state index in [-0.39, 0.29) is 23.8 Å². The summed E-state index contributed by atoms with van der Waals surface area (Å²) < 4.78 is 38.4. The number of amides is 1. The van der Waals surface area contributed by atoms with Gasteiger partial charge in [-0.15, -0.1) is 0 Å². The van der Waals surface area contributed by atoms with E-state index in [1.807, 2.05) is 18.7 Å². The number of carbonyl (C=O) groups excluding carboxylic acids is 1. The average molecular weight is 495 g/mol. The monoisotopic (exact) mass is 494 g/mol. The normalized spacial score (nSPS) is 33.1. The summed E-state index contributed by atoms with van der Waals surface area (Å²) in [5.74, 6) is 0.680. The van der Waals surface area contributed by atoms with E-state index >= 15 is 0 Å². The van der Waals surface area contributed by atoms with Crippen LogP contribution in [-0.2, 0) is 15.8 Å². The third-order valence-corrected chi connectivity index (χ3v) is 9.05. The van der Waals surface area contributed by atoms with Gasteiger partial charge in [0.05, 0.1) is 16.5 Å². The molecule has 192 valence electrons. The van der Waals surface area contributed by atoms with Gasteiger partial charge in [0.15, 0.2) is 0 Å². The topological polar surface area (TPSA) is 85.8 Å². The van der Waals surface area contributed by atoms with Crippen LogP contribution in [0, 0.1) is 23.2 Å². The quantitative estimate of drug-likeness (QED) is 0.653. The fourth-order valence-electron chi connectivity index (χ4n) is 7.23. The first-order valence-electron chi connectivity index (χ1n) is 12.5. The Bertz CT molecular complexity index is 973. The van der Waals surface area contributed by atoms with Crippen LogP contribution >= 0.6 is 0 Å². The van der Waals surface area contributed by atoms with E-state index in [1.54, 1.807) is 0 Å². The van der Waals surface area contributed by atoms with Crippen molar-refractivity contribution in [1.82, 2.24) is 15.2 Å². The predicted molar refractivity (Wildman–Crippen MR) is 123 cm³/mol. The zero-order valence-corrected chi connectivity index (χ0v) is 20.1. The van der Waals surface area contributed by atoms with Gasteiger partial charge in [0, 0.05) is 38.4 Å². The first-order valence-corrected chi connectivity index (χ1v) is 12.5. The first-order chi connectivity index (χ1) is 16.4. The van der Waals surface area contributed by atoms with Crippen LogP contribution in [0.1, 0.15) is 51.5 Å². The van der Waals surface area contributed by atoms with Gasteiger partial charge in [0.25, 0.3) is 0 Å². The number of hydrogen-bond acceptors (Lipinski definition) is 5. The molecule has 2 heterocycles. The number of piperazine rings is 1.